The largest absolute Gasteiger partial charge is 0.469 e. The van der Waals surface area contributed by atoms with Gasteiger partial charge in [-0.3, -0.25) is 4.79 Å². The topological polar surface area (TPSA) is 38.3 Å². The van der Waals surface area contributed by atoms with Crippen LogP contribution in [-0.4, -0.2) is 25.7 Å². The first kappa shape index (κ1) is 13.5. The molecule has 3 nitrogen and oxygen atoms in total. The lowest BCUT2D eigenvalue weighted by Gasteiger charge is -2.19. The quantitative estimate of drug-likeness (QED) is 0.678. The number of carbonyl (C=O) groups excluding carboxylic acids is 1. The van der Waals surface area contributed by atoms with Crippen LogP contribution < -0.4 is 5.32 Å². The van der Waals surface area contributed by atoms with E-state index in [9.17, 15) is 4.79 Å². The number of esters is 1. The summed E-state index contributed by atoms with van der Waals surface area (Å²) in [5.41, 5.74) is 0. The van der Waals surface area contributed by atoms with E-state index in [0.29, 0.717) is 6.04 Å². The molecule has 0 bridgehead atoms. The average molecular weight is 227 g/mol. The molecule has 1 aliphatic carbocycles. The molecule has 0 aliphatic heterocycles. The van der Waals surface area contributed by atoms with E-state index in [-0.39, 0.29) is 11.9 Å². The number of rotatable bonds is 7. The number of hydrogen-bond donors (Lipinski definition) is 1. The Morgan fingerprint density at radius 3 is 2.50 bits per heavy atom. The molecule has 0 spiro atoms. The highest BCUT2D eigenvalue weighted by Crippen LogP contribution is 2.36. The zero-order valence-electron chi connectivity index (χ0n) is 11.0. The smallest absolute Gasteiger partial charge is 0.308 e. The maximum absolute atomic E-state index is 11.3. The third kappa shape index (κ3) is 4.52. The van der Waals surface area contributed by atoms with E-state index in [0.717, 1.165) is 24.8 Å². The molecule has 0 saturated heterocycles. The Morgan fingerprint density at radius 1 is 1.38 bits per heavy atom. The van der Waals surface area contributed by atoms with E-state index in [1.165, 1.54) is 20.0 Å². The Labute approximate surface area is 98.9 Å². The van der Waals surface area contributed by atoms with Crippen molar-refractivity contribution in [1.29, 1.82) is 0 Å². The molecule has 1 fully saturated rings. The van der Waals surface area contributed by atoms with Crippen LogP contribution in [0.2, 0.25) is 0 Å². The lowest BCUT2D eigenvalue weighted by Crippen LogP contribution is -2.33. The van der Waals surface area contributed by atoms with Crippen LogP contribution in [0.15, 0.2) is 0 Å². The van der Waals surface area contributed by atoms with Gasteiger partial charge >= 0.3 is 5.97 Å². The van der Waals surface area contributed by atoms with Gasteiger partial charge in [-0.05, 0) is 44.6 Å². The molecular weight excluding hydrogens is 202 g/mol. The first-order valence-corrected chi connectivity index (χ1v) is 6.35. The first-order valence-electron chi connectivity index (χ1n) is 6.35. The number of carbonyl (C=O) groups is 1. The van der Waals surface area contributed by atoms with Crippen LogP contribution in [0.4, 0.5) is 0 Å². The molecule has 0 amide bonds. The number of nitrogens with one attached hydrogen (secondary N) is 1. The van der Waals surface area contributed by atoms with E-state index < -0.39 is 0 Å². The van der Waals surface area contributed by atoms with Crippen LogP contribution in [0.25, 0.3) is 0 Å². The third-order valence-electron chi connectivity index (χ3n) is 3.53. The van der Waals surface area contributed by atoms with Crippen LogP contribution >= 0.6 is 0 Å². The summed E-state index contributed by atoms with van der Waals surface area (Å²) in [6.07, 6.45) is 3.65. The molecule has 1 saturated carbocycles. The Bertz CT molecular complexity index is 226. The predicted molar refractivity (Wildman–Crippen MR) is 65.1 cm³/mol. The van der Waals surface area contributed by atoms with Gasteiger partial charge in [0.2, 0.25) is 0 Å². The van der Waals surface area contributed by atoms with Gasteiger partial charge in [0.25, 0.3) is 0 Å². The number of hydrogen-bond acceptors (Lipinski definition) is 3. The van der Waals surface area contributed by atoms with Gasteiger partial charge in [-0.1, -0.05) is 13.8 Å². The highest BCUT2D eigenvalue weighted by atomic mass is 16.5. The van der Waals surface area contributed by atoms with Crippen molar-refractivity contribution in [2.24, 2.45) is 17.8 Å². The summed E-state index contributed by atoms with van der Waals surface area (Å²) < 4.78 is 4.72. The lowest BCUT2D eigenvalue weighted by molar-refractivity contribution is -0.145. The molecule has 3 atom stereocenters. The Morgan fingerprint density at radius 2 is 2.00 bits per heavy atom. The third-order valence-corrected chi connectivity index (χ3v) is 3.53. The fourth-order valence-electron chi connectivity index (χ4n) is 2.13. The van der Waals surface area contributed by atoms with Crippen molar-refractivity contribution >= 4 is 5.97 Å². The maximum atomic E-state index is 11.3. The minimum atomic E-state index is -0.108. The molecule has 3 unspecified atom stereocenters. The first-order chi connectivity index (χ1) is 7.54. The molecule has 0 aromatic rings. The minimum absolute atomic E-state index is 0.0104. The molecule has 0 aromatic heterocycles. The van der Waals surface area contributed by atoms with Crippen molar-refractivity contribution in [3.05, 3.63) is 0 Å². The van der Waals surface area contributed by atoms with Crippen LogP contribution in [0.5, 0.6) is 0 Å². The molecule has 0 heterocycles. The van der Waals surface area contributed by atoms with Crippen LogP contribution in [0.1, 0.15) is 40.0 Å². The Balaban J connectivity index is 2.14. The lowest BCUT2D eigenvalue weighted by atomic mass is 10.0. The number of methoxy groups -OCH3 is 1. The van der Waals surface area contributed by atoms with Crippen molar-refractivity contribution in [3.8, 4) is 0 Å². The fraction of sp³-hybridized carbons (Fsp3) is 0.923. The Kier molecular flexibility index (Phi) is 5.26. The second-order valence-electron chi connectivity index (χ2n) is 5.28. The van der Waals surface area contributed by atoms with E-state index in [1.807, 2.05) is 6.92 Å². The van der Waals surface area contributed by atoms with Crippen molar-refractivity contribution in [2.75, 3.05) is 13.7 Å². The molecule has 1 N–H and O–H groups in total. The zero-order valence-corrected chi connectivity index (χ0v) is 11.0. The highest BCUT2D eigenvalue weighted by Gasteiger charge is 2.27. The maximum Gasteiger partial charge on any atom is 0.308 e. The van der Waals surface area contributed by atoms with E-state index in [2.05, 4.69) is 19.2 Å². The Hall–Kier alpha value is -0.570. The van der Waals surface area contributed by atoms with Gasteiger partial charge in [0, 0.05) is 6.04 Å². The molecule has 0 radical (unpaired) electrons. The summed E-state index contributed by atoms with van der Waals surface area (Å²) in [6.45, 7) is 7.44. The van der Waals surface area contributed by atoms with Gasteiger partial charge in [-0.15, -0.1) is 0 Å². The minimum Gasteiger partial charge on any atom is -0.469 e. The normalized spacial score (nSPS) is 21.2. The van der Waals surface area contributed by atoms with Crippen LogP contribution in [-0.2, 0) is 9.53 Å². The highest BCUT2D eigenvalue weighted by molar-refractivity contribution is 5.71. The van der Waals surface area contributed by atoms with Crippen LogP contribution in [0, 0.1) is 17.8 Å². The summed E-state index contributed by atoms with van der Waals surface area (Å²) in [6, 6.07) is 0.385. The summed E-state index contributed by atoms with van der Waals surface area (Å²) >= 11 is 0. The number of ether oxygens (including phenoxy) is 1. The predicted octanol–water partition coefficient (Wildman–Crippen LogP) is 2.21. The molecule has 1 rings (SSSR count). The molecule has 0 aromatic carbocycles. The monoisotopic (exact) mass is 227 g/mol. The second-order valence-corrected chi connectivity index (χ2v) is 5.28. The SMILES string of the molecule is COC(=O)C(C)CC(C)NCC(C)C1CC1. The van der Waals surface area contributed by atoms with Gasteiger partial charge in [0.05, 0.1) is 13.0 Å². The van der Waals surface area contributed by atoms with Gasteiger partial charge in [-0.25, -0.2) is 0 Å². The van der Waals surface area contributed by atoms with Gasteiger partial charge in [0.15, 0.2) is 0 Å². The van der Waals surface area contributed by atoms with E-state index >= 15 is 0 Å². The zero-order chi connectivity index (χ0) is 12.1. The van der Waals surface area contributed by atoms with Crippen molar-refractivity contribution in [1.82, 2.24) is 5.32 Å². The van der Waals surface area contributed by atoms with Crippen molar-refractivity contribution in [2.45, 2.75) is 46.1 Å². The molecular formula is C13H25NO2. The summed E-state index contributed by atoms with van der Waals surface area (Å²) in [4.78, 5) is 11.3. The van der Waals surface area contributed by atoms with Crippen molar-refractivity contribution in [3.63, 3.8) is 0 Å². The summed E-state index contributed by atoms with van der Waals surface area (Å²) in [5, 5.41) is 3.51. The standard InChI is InChI=1S/C13H25NO2/c1-9(13(15)16-4)7-11(3)14-8-10(2)12-5-6-12/h9-12,14H,5-8H2,1-4H3. The molecule has 1 aliphatic rings. The van der Waals surface area contributed by atoms with Gasteiger partial charge in [0.1, 0.15) is 0 Å². The van der Waals surface area contributed by atoms with E-state index in [1.54, 1.807) is 0 Å². The van der Waals surface area contributed by atoms with Gasteiger partial charge in [-0.2, -0.15) is 0 Å². The molecule has 94 valence electrons. The second kappa shape index (κ2) is 6.24. The van der Waals surface area contributed by atoms with Crippen LogP contribution in [0.3, 0.4) is 0 Å². The average Bonchev–Trinajstić information content (AvgIpc) is 3.08. The summed E-state index contributed by atoms with van der Waals surface area (Å²) in [5.74, 6) is 1.60. The van der Waals surface area contributed by atoms with Crippen molar-refractivity contribution < 1.29 is 9.53 Å². The fourth-order valence-corrected chi connectivity index (χ4v) is 2.13. The van der Waals surface area contributed by atoms with Gasteiger partial charge < -0.3 is 10.1 Å². The summed E-state index contributed by atoms with van der Waals surface area (Å²) in [7, 11) is 1.45. The van der Waals surface area contributed by atoms with E-state index in [4.69, 9.17) is 4.74 Å². The molecule has 16 heavy (non-hydrogen) atoms. The molecule has 3 heteroatoms.